The molecule has 160 valence electrons. The van der Waals surface area contributed by atoms with Gasteiger partial charge in [-0.3, -0.25) is 14.5 Å². The van der Waals surface area contributed by atoms with Gasteiger partial charge in [-0.25, -0.2) is 9.78 Å². The van der Waals surface area contributed by atoms with Gasteiger partial charge in [-0.05, 0) is 5.57 Å². The van der Waals surface area contributed by atoms with Crippen LogP contribution in [0.25, 0.3) is 0 Å². The van der Waals surface area contributed by atoms with Crippen molar-refractivity contribution in [3.63, 3.8) is 0 Å². The van der Waals surface area contributed by atoms with E-state index in [0.717, 1.165) is 16.2 Å². The SMILES string of the molecule is C=CC1=C(C(=O)O)N2C(=O)C(NC(=O)C(=NO)c3csc(N)n3)[C@@H]2SC1.O.O.O. The number of fused-ring (bicyclic) bond motifs is 1. The zero-order chi connectivity index (χ0) is 19.0. The number of rotatable bonds is 5. The van der Waals surface area contributed by atoms with Crippen molar-refractivity contribution in [2.45, 2.75) is 11.4 Å². The van der Waals surface area contributed by atoms with Gasteiger partial charge >= 0.3 is 5.97 Å². The Hall–Kier alpha value is -2.98. The number of nitrogens with zero attached hydrogens (tertiary/aromatic N) is 3. The molecule has 0 bridgehead atoms. The van der Waals surface area contributed by atoms with Gasteiger partial charge in [0.05, 0.1) is 0 Å². The first-order chi connectivity index (χ1) is 12.4. The summed E-state index contributed by atoms with van der Waals surface area (Å²) in [4.78, 5) is 41.2. The van der Waals surface area contributed by atoms with E-state index in [1.807, 2.05) is 0 Å². The first kappa shape index (κ1) is 26.0. The highest BCUT2D eigenvalue weighted by Crippen LogP contribution is 2.40. The smallest absolute Gasteiger partial charge is 0.352 e. The molecule has 0 spiro atoms. The molecule has 2 aliphatic heterocycles. The van der Waals surface area contributed by atoms with Crippen LogP contribution in [0.4, 0.5) is 5.13 Å². The van der Waals surface area contributed by atoms with Gasteiger partial charge in [0.25, 0.3) is 11.8 Å². The second kappa shape index (κ2) is 9.99. The van der Waals surface area contributed by atoms with Crippen LogP contribution in [0.3, 0.4) is 0 Å². The Kier molecular flexibility index (Phi) is 8.96. The number of carboxylic acids is 1. The number of nitrogens with two attached hydrogens (primary N) is 1. The van der Waals surface area contributed by atoms with Crippen molar-refractivity contribution in [2.75, 3.05) is 11.5 Å². The summed E-state index contributed by atoms with van der Waals surface area (Å²) in [5, 5.41) is 24.9. The highest BCUT2D eigenvalue weighted by Gasteiger charge is 2.54. The number of thiazole rings is 1. The third-order valence-electron chi connectivity index (χ3n) is 3.81. The predicted octanol–water partition coefficient (Wildman–Crippen LogP) is -2.65. The lowest BCUT2D eigenvalue weighted by Crippen LogP contribution is -2.71. The Bertz CT molecular complexity index is 883. The highest BCUT2D eigenvalue weighted by molar-refractivity contribution is 8.00. The van der Waals surface area contributed by atoms with Crippen LogP contribution in [0.5, 0.6) is 0 Å². The molecular weight excluding hydrogens is 430 g/mol. The minimum Gasteiger partial charge on any atom is -0.477 e. The van der Waals surface area contributed by atoms with Crippen LogP contribution in [0.2, 0.25) is 0 Å². The summed E-state index contributed by atoms with van der Waals surface area (Å²) in [6, 6.07) is -0.944. The fourth-order valence-corrected chi connectivity index (χ4v) is 4.51. The average Bonchev–Trinajstić information content (AvgIpc) is 3.04. The number of thioether (sulfide) groups is 1. The number of amides is 2. The highest BCUT2D eigenvalue weighted by atomic mass is 32.2. The largest absolute Gasteiger partial charge is 0.477 e. The van der Waals surface area contributed by atoms with E-state index in [-0.39, 0.29) is 38.7 Å². The Balaban J connectivity index is 0.00000261. The van der Waals surface area contributed by atoms with Crippen LogP contribution in [0.15, 0.2) is 34.5 Å². The van der Waals surface area contributed by atoms with Crippen molar-refractivity contribution < 1.29 is 41.1 Å². The number of carbonyl (C=O) groups excluding carboxylic acids is 2. The number of aromatic nitrogens is 1. The van der Waals surface area contributed by atoms with Crippen LogP contribution >= 0.6 is 23.1 Å². The number of carbonyl (C=O) groups is 3. The molecule has 0 aromatic carbocycles. The van der Waals surface area contributed by atoms with Gasteiger partial charge in [0.2, 0.25) is 0 Å². The molecule has 0 radical (unpaired) electrons. The van der Waals surface area contributed by atoms with Gasteiger partial charge in [0.1, 0.15) is 22.8 Å². The lowest BCUT2D eigenvalue weighted by molar-refractivity contribution is -0.150. The lowest BCUT2D eigenvalue weighted by Gasteiger charge is -2.49. The molecule has 29 heavy (non-hydrogen) atoms. The molecule has 11 N–H and O–H groups in total. The van der Waals surface area contributed by atoms with E-state index in [4.69, 9.17) is 10.9 Å². The normalized spacial score (nSPS) is 20.2. The van der Waals surface area contributed by atoms with Crippen LogP contribution in [-0.2, 0) is 14.4 Å². The number of aliphatic carboxylic acids is 1. The number of nitrogen functional groups attached to an aromatic ring is 1. The molecule has 13 nitrogen and oxygen atoms in total. The van der Waals surface area contributed by atoms with E-state index in [1.54, 1.807) is 0 Å². The first-order valence-electron chi connectivity index (χ1n) is 7.16. The summed E-state index contributed by atoms with van der Waals surface area (Å²) in [5.74, 6) is -2.27. The van der Waals surface area contributed by atoms with E-state index in [0.29, 0.717) is 11.3 Å². The number of hydrogen-bond acceptors (Lipinski definition) is 9. The molecule has 2 aliphatic rings. The van der Waals surface area contributed by atoms with E-state index in [2.05, 4.69) is 22.0 Å². The van der Waals surface area contributed by atoms with E-state index < -0.39 is 29.2 Å². The summed E-state index contributed by atoms with van der Waals surface area (Å²) in [6.45, 7) is 3.56. The van der Waals surface area contributed by atoms with Gasteiger partial charge < -0.3 is 37.8 Å². The standard InChI is InChI=1S/C14H13N5O5S2.3H2O/c1-2-5-3-25-12-8(11(21)19(12)9(5)13(22)23)17-10(20)7(18-24)6-4-26-14(15)16-6;;;/h2,4,8,12,24H,1,3H2,(H2,15,16)(H,17,20)(H,22,23);3*1H2/t8?,12-;;;/m0.../s1. The minimum absolute atomic E-state index is 0. The lowest BCUT2D eigenvalue weighted by atomic mass is 10.0. The Morgan fingerprint density at radius 3 is 2.55 bits per heavy atom. The van der Waals surface area contributed by atoms with Crippen molar-refractivity contribution >= 4 is 51.7 Å². The number of anilines is 1. The zero-order valence-corrected chi connectivity index (χ0v) is 16.2. The van der Waals surface area contributed by atoms with Gasteiger partial charge in [0.15, 0.2) is 10.8 Å². The van der Waals surface area contributed by atoms with Gasteiger partial charge in [0, 0.05) is 11.1 Å². The van der Waals surface area contributed by atoms with Gasteiger partial charge in [-0.2, -0.15) is 0 Å². The Morgan fingerprint density at radius 1 is 1.41 bits per heavy atom. The predicted molar refractivity (Wildman–Crippen MR) is 106 cm³/mol. The molecule has 1 unspecified atom stereocenters. The molecule has 1 saturated heterocycles. The number of β-lactam (4-membered cyclic amide) rings is 1. The summed E-state index contributed by atoms with van der Waals surface area (Å²) < 4.78 is 0. The number of oxime groups is 1. The van der Waals surface area contributed by atoms with E-state index >= 15 is 0 Å². The van der Waals surface area contributed by atoms with Crippen LogP contribution in [0.1, 0.15) is 5.69 Å². The Labute approximate surface area is 171 Å². The van der Waals surface area contributed by atoms with Crippen molar-refractivity contribution in [1.82, 2.24) is 15.2 Å². The molecule has 0 aliphatic carbocycles. The van der Waals surface area contributed by atoms with Crippen molar-refractivity contribution in [2.24, 2.45) is 5.16 Å². The first-order valence-corrected chi connectivity index (χ1v) is 9.09. The molecule has 1 aromatic heterocycles. The molecule has 1 fully saturated rings. The third kappa shape index (κ3) is 4.38. The topological polar surface area (TPSA) is 253 Å². The molecule has 0 saturated carbocycles. The van der Waals surface area contributed by atoms with Crippen molar-refractivity contribution in [3.05, 3.63) is 35.0 Å². The Morgan fingerprint density at radius 2 is 2.07 bits per heavy atom. The molecule has 3 rings (SSSR count). The van der Waals surface area contributed by atoms with E-state index in [9.17, 15) is 19.5 Å². The van der Waals surface area contributed by atoms with Crippen LogP contribution < -0.4 is 11.1 Å². The average molecular weight is 449 g/mol. The zero-order valence-electron chi connectivity index (χ0n) is 14.6. The summed E-state index contributed by atoms with van der Waals surface area (Å²) in [5.41, 5.74) is 5.49. The summed E-state index contributed by atoms with van der Waals surface area (Å²) in [6.07, 6.45) is 1.40. The number of hydrogen-bond donors (Lipinski definition) is 4. The maximum atomic E-state index is 12.4. The monoisotopic (exact) mass is 449 g/mol. The van der Waals surface area contributed by atoms with Crippen LogP contribution in [-0.4, -0.2) is 77.3 Å². The fraction of sp³-hybridized carbons (Fsp3) is 0.214. The molecule has 2 atom stereocenters. The minimum atomic E-state index is -1.24. The van der Waals surface area contributed by atoms with E-state index in [1.165, 1.54) is 23.2 Å². The van der Waals surface area contributed by atoms with Crippen molar-refractivity contribution in [1.29, 1.82) is 0 Å². The number of nitrogens with one attached hydrogen (secondary N) is 1. The third-order valence-corrected chi connectivity index (χ3v) is 5.79. The summed E-state index contributed by atoms with van der Waals surface area (Å²) >= 11 is 2.37. The molecular formula is C14H19N5O8S2. The summed E-state index contributed by atoms with van der Waals surface area (Å²) in [7, 11) is 0. The quantitative estimate of drug-likeness (QED) is 0.159. The second-order valence-electron chi connectivity index (χ2n) is 5.26. The maximum Gasteiger partial charge on any atom is 0.352 e. The fourth-order valence-electron chi connectivity index (χ4n) is 2.62. The van der Waals surface area contributed by atoms with Gasteiger partial charge in [-0.1, -0.05) is 17.8 Å². The van der Waals surface area contributed by atoms with Gasteiger partial charge in [-0.15, -0.1) is 23.1 Å². The number of allylic oxidation sites excluding steroid dienone is 1. The second-order valence-corrected chi connectivity index (χ2v) is 7.26. The number of carboxylic acid groups (broad SMARTS) is 1. The van der Waals surface area contributed by atoms with Crippen LogP contribution in [0, 0.1) is 0 Å². The molecule has 2 amide bonds. The molecule has 3 heterocycles. The maximum absolute atomic E-state index is 12.4. The molecule has 15 heteroatoms. The van der Waals surface area contributed by atoms with Crippen molar-refractivity contribution in [3.8, 4) is 0 Å². The molecule has 1 aromatic rings.